The van der Waals surface area contributed by atoms with E-state index in [0.717, 1.165) is 4.90 Å². The van der Waals surface area contributed by atoms with E-state index in [-0.39, 0.29) is 5.92 Å². The van der Waals surface area contributed by atoms with Crippen molar-refractivity contribution in [1.82, 2.24) is 5.32 Å². The van der Waals surface area contributed by atoms with Gasteiger partial charge in [0.2, 0.25) is 0 Å². The third-order valence-corrected chi connectivity index (χ3v) is 2.95. The predicted molar refractivity (Wildman–Crippen MR) is 80.9 cm³/mol. The van der Waals surface area contributed by atoms with E-state index in [1.165, 1.54) is 0 Å². The highest BCUT2D eigenvalue weighted by atomic mass is 35.5. The number of carbonyl (C=O) groups excluding carboxylic acids is 1. The number of hydrogen-bond donors (Lipinski definition) is 2. The summed E-state index contributed by atoms with van der Waals surface area (Å²) in [6.07, 6.45) is 0. The van der Waals surface area contributed by atoms with E-state index >= 15 is 0 Å². The molecule has 1 aromatic carbocycles. The molecule has 0 spiro atoms. The molecule has 2 amide bonds. The van der Waals surface area contributed by atoms with Crippen molar-refractivity contribution in [1.29, 1.82) is 0 Å². The van der Waals surface area contributed by atoms with E-state index in [1.807, 2.05) is 6.92 Å². The molecule has 0 aliphatic rings. The maximum Gasteiger partial charge on any atom is 0.323 e. The summed E-state index contributed by atoms with van der Waals surface area (Å²) in [7, 11) is 1.58. The Morgan fingerprint density at radius 3 is 2.76 bits per heavy atom. The highest BCUT2D eigenvalue weighted by Gasteiger charge is 2.19. The summed E-state index contributed by atoms with van der Waals surface area (Å²) < 4.78 is 4.98. The minimum absolute atomic E-state index is 0.130. The maximum absolute atomic E-state index is 12.2. The molecule has 21 heavy (non-hydrogen) atoms. The van der Waals surface area contributed by atoms with Crippen LogP contribution in [0.3, 0.4) is 0 Å². The fourth-order valence-electron chi connectivity index (χ4n) is 1.76. The average Bonchev–Trinajstić information content (AvgIpc) is 2.42. The van der Waals surface area contributed by atoms with Gasteiger partial charge in [0.05, 0.1) is 6.61 Å². The zero-order chi connectivity index (χ0) is 15.8. The van der Waals surface area contributed by atoms with Crippen LogP contribution in [0, 0.1) is 5.92 Å². The van der Waals surface area contributed by atoms with Gasteiger partial charge in [-0.2, -0.15) is 0 Å². The van der Waals surface area contributed by atoms with Crippen LogP contribution in [0.2, 0.25) is 5.02 Å². The van der Waals surface area contributed by atoms with Gasteiger partial charge in [-0.05, 0) is 24.1 Å². The van der Waals surface area contributed by atoms with Gasteiger partial charge in [0.1, 0.15) is 6.54 Å². The van der Waals surface area contributed by atoms with Crippen molar-refractivity contribution < 1.29 is 19.4 Å². The molecule has 1 atom stereocenters. The average molecular weight is 315 g/mol. The Morgan fingerprint density at radius 2 is 2.19 bits per heavy atom. The maximum atomic E-state index is 12.2. The molecule has 6 nitrogen and oxygen atoms in total. The van der Waals surface area contributed by atoms with Crippen LogP contribution in [-0.4, -0.2) is 43.9 Å². The number of hydrogen-bond acceptors (Lipinski definition) is 3. The minimum Gasteiger partial charge on any atom is -0.480 e. The first kappa shape index (κ1) is 17.3. The molecule has 0 fully saturated rings. The van der Waals surface area contributed by atoms with E-state index in [0.29, 0.717) is 23.9 Å². The van der Waals surface area contributed by atoms with Crippen LogP contribution < -0.4 is 10.2 Å². The third kappa shape index (κ3) is 6.01. The van der Waals surface area contributed by atoms with Crippen molar-refractivity contribution in [2.75, 3.05) is 31.7 Å². The van der Waals surface area contributed by atoms with Crippen molar-refractivity contribution >= 4 is 29.3 Å². The summed E-state index contributed by atoms with van der Waals surface area (Å²) >= 11 is 5.88. The number of carbonyl (C=O) groups is 2. The molecular formula is C14H19ClN2O4. The van der Waals surface area contributed by atoms with Crippen molar-refractivity contribution in [3.8, 4) is 0 Å². The number of ether oxygens (including phenoxy) is 1. The molecule has 7 heteroatoms. The summed E-state index contributed by atoms with van der Waals surface area (Å²) in [4.78, 5) is 24.2. The molecule has 116 valence electrons. The highest BCUT2D eigenvalue weighted by Crippen LogP contribution is 2.19. The molecule has 1 rings (SSSR count). The van der Waals surface area contributed by atoms with Crippen LogP contribution in [0.4, 0.5) is 10.5 Å². The van der Waals surface area contributed by atoms with Gasteiger partial charge in [-0.25, -0.2) is 4.79 Å². The van der Waals surface area contributed by atoms with Crippen molar-refractivity contribution in [2.24, 2.45) is 5.92 Å². The Balaban J connectivity index is 2.77. The SMILES string of the molecule is COCC(C)CNC(=O)N(CC(=O)O)c1cccc(Cl)c1. The van der Waals surface area contributed by atoms with E-state index in [9.17, 15) is 9.59 Å². The highest BCUT2D eigenvalue weighted by molar-refractivity contribution is 6.30. The number of carboxylic acids is 1. The Labute approximate surface area is 128 Å². The number of urea groups is 1. The number of benzene rings is 1. The second-order valence-electron chi connectivity index (χ2n) is 4.71. The molecule has 0 aliphatic carbocycles. The first-order valence-corrected chi connectivity index (χ1v) is 6.83. The third-order valence-electron chi connectivity index (χ3n) is 2.71. The normalized spacial score (nSPS) is 11.8. The first-order valence-electron chi connectivity index (χ1n) is 6.45. The zero-order valence-corrected chi connectivity index (χ0v) is 12.8. The van der Waals surface area contributed by atoms with Crippen LogP contribution in [0.1, 0.15) is 6.92 Å². The van der Waals surface area contributed by atoms with Crippen LogP contribution >= 0.6 is 11.6 Å². The molecule has 0 heterocycles. The smallest absolute Gasteiger partial charge is 0.323 e. The lowest BCUT2D eigenvalue weighted by Crippen LogP contribution is -2.44. The predicted octanol–water partition coefficient (Wildman–Crippen LogP) is 2.22. The monoisotopic (exact) mass is 314 g/mol. The molecule has 0 aliphatic heterocycles. The molecule has 0 bridgehead atoms. The van der Waals surface area contributed by atoms with Crippen LogP contribution in [0.15, 0.2) is 24.3 Å². The van der Waals surface area contributed by atoms with Crippen LogP contribution in [-0.2, 0) is 9.53 Å². The summed E-state index contributed by atoms with van der Waals surface area (Å²) in [5, 5.41) is 12.1. The van der Waals surface area contributed by atoms with Crippen molar-refractivity contribution in [2.45, 2.75) is 6.92 Å². The fraction of sp³-hybridized carbons (Fsp3) is 0.429. The van der Waals surface area contributed by atoms with Crippen molar-refractivity contribution in [3.63, 3.8) is 0 Å². The van der Waals surface area contributed by atoms with E-state index < -0.39 is 18.5 Å². The lowest BCUT2D eigenvalue weighted by atomic mass is 10.2. The fourth-order valence-corrected chi connectivity index (χ4v) is 1.94. The molecule has 0 radical (unpaired) electrons. The number of carboxylic acid groups (broad SMARTS) is 1. The second kappa shape index (κ2) is 8.49. The molecule has 0 aromatic heterocycles. The van der Waals surface area contributed by atoms with E-state index in [2.05, 4.69) is 5.32 Å². The molecule has 1 unspecified atom stereocenters. The largest absolute Gasteiger partial charge is 0.480 e. The van der Waals surface area contributed by atoms with E-state index in [4.69, 9.17) is 21.4 Å². The minimum atomic E-state index is -1.10. The number of rotatable bonds is 7. The summed E-state index contributed by atoms with van der Waals surface area (Å²) in [5.41, 5.74) is 0.432. The Bertz CT molecular complexity index is 496. The quantitative estimate of drug-likeness (QED) is 0.809. The van der Waals surface area contributed by atoms with Gasteiger partial charge in [-0.3, -0.25) is 9.69 Å². The van der Waals surface area contributed by atoms with Gasteiger partial charge >= 0.3 is 12.0 Å². The first-order chi connectivity index (χ1) is 9.93. The summed E-state index contributed by atoms with van der Waals surface area (Å²) in [5.74, 6) is -0.972. The Hall–Kier alpha value is -1.79. The number of aliphatic carboxylic acids is 1. The number of nitrogens with zero attached hydrogens (tertiary/aromatic N) is 1. The number of halogens is 1. The number of methoxy groups -OCH3 is 1. The van der Waals surface area contributed by atoms with Gasteiger partial charge in [0.25, 0.3) is 0 Å². The molecular weight excluding hydrogens is 296 g/mol. The lowest BCUT2D eigenvalue weighted by Gasteiger charge is -2.22. The molecule has 0 saturated carbocycles. The van der Waals surface area contributed by atoms with Crippen molar-refractivity contribution in [3.05, 3.63) is 29.3 Å². The topological polar surface area (TPSA) is 78.9 Å². The van der Waals surface area contributed by atoms with Crippen LogP contribution in [0.5, 0.6) is 0 Å². The summed E-state index contributed by atoms with van der Waals surface area (Å²) in [6, 6.07) is 6.01. The number of anilines is 1. The van der Waals surface area contributed by atoms with Gasteiger partial charge < -0.3 is 15.2 Å². The van der Waals surface area contributed by atoms with Crippen LogP contribution in [0.25, 0.3) is 0 Å². The van der Waals surface area contributed by atoms with E-state index in [1.54, 1.807) is 31.4 Å². The summed E-state index contributed by atoms with van der Waals surface area (Å²) in [6.45, 7) is 2.38. The molecule has 1 aromatic rings. The number of nitrogens with one attached hydrogen (secondary N) is 1. The van der Waals surface area contributed by atoms with Gasteiger partial charge in [0, 0.05) is 24.4 Å². The Morgan fingerprint density at radius 1 is 1.48 bits per heavy atom. The molecule has 2 N–H and O–H groups in total. The van der Waals surface area contributed by atoms with Gasteiger partial charge in [0.15, 0.2) is 0 Å². The second-order valence-corrected chi connectivity index (χ2v) is 5.14. The van der Waals surface area contributed by atoms with Gasteiger partial charge in [-0.1, -0.05) is 24.6 Å². The number of amides is 2. The molecule has 0 saturated heterocycles. The zero-order valence-electron chi connectivity index (χ0n) is 12.0. The van der Waals surface area contributed by atoms with Gasteiger partial charge in [-0.15, -0.1) is 0 Å². The Kier molecular flexibility index (Phi) is 6.98. The standard InChI is InChI=1S/C14H19ClN2O4/c1-10(9-21-2)7-16-14(20)17(8-13(18)19)12-5-3-4-11(15)6-12/h3-6,10H,7-9H2,1-2H3,(H,16,20)(H,18,19). The lowest BCUT2D eigenvalue weighted by molar-refractivity contribution is -0.135.